The van der Waals surface area contributed by atoms with E-state index in [-0.39, 0.29) is 24.4 Å². The summed E-state index contributed by atoms with van der Waals surface area (Å²) in [7, 11) is 0. The van der Waals surface area contributed by atoms with Gasteiger partial charge in [0.15, 0.2) is 0 Å². The van der Waals surface area contributed by atoms with Crippen LogP contribution in [0.3, 0.4) is 0 Å². The van der Waals surface area contributed by atoms with Gasteiger partial charge in [0.05, 0.1) is 6.61 Å². The van der Waals surface area contributed by atoms with Gasteiger partial charge < -0.3 is 15.8 Å². The van der Waals surface area contributed by atoms with Gasteiger partial charge >= 0.3 is 0 Å². The molecule has 1 unspecified atom stereocenters. The van der Waals surface area contributed by atoms with Crippen LogP contribution in [0, 0.1) is 0 Å². The minimum Gasteiger partial charge on any atom is -0.381 e. The molecule has 102 valence electrons. The molecular formula is C13H21ClN2O2. The van der Waals surface area contributed by atoms with Crippen molar-refractivity contribution >= 4 is 18.3 Å². The molecule has 0 fully saturated rings. The minimum absolute atomic E-state index is 0. The lowest BCUT2D eigenvalue weighted by Gasteiger charge is -2.13. The fraction of sp³-hybridized carbons (Fsp3) is 0.462. The summed E-state index contributed by atoms with van der Waals surface area (Å²) in [6.07, 6.45) is 0.384. The van der Waals surface area contributed by atoms with Gasteiger partial charge in [-0.05, 0) is 12.5 Å². The van der Waals surface area contributed by atoms with Crippen LogP contribution in [0.2, 0.25) is 0 Å². The normalized spacial score (nSPS) is 11.4. The third-order valence-corrected chi connectivity index (χ3v) is 2.42. The predicted molar refractivity (Wildman–Crippen MR) is 74.7 cm³/mol. The number of hydrogen-bond donors (Lipinski definition) is 2. The van der Waals surface area contributed by atoms with E-state index in [9.17, 15) is 4.79 Å². The number of hydrogen-bond acceptors (Lipinski definition) is 3. The number of nitrogens with one attached hydrogen (secondary N) is 1. The molecule has 0 aliphatic heterocycles. The van der Waals surface area contributed by atoms with Crippen LogP contribution in [0.1, 0.15) is 24.9 Å². The van der Waals surface area contributed by atoms with E-state index in [0.29, 0.717) is 26.2 Å². The van der Waals surface area contributed by atoms with Crippen LogP contribution >= 0.6 is 12.4 Å². The van der Waals surface area contributed by atoms with Crippen LogP contribution in [0.15, 0.2) is 30.3 Å². The molecule has 5 heteroatoms. The Labute approximate surface area is 114 Å². The molecule has 0 spiro atoms. The Balaban J connectivity index is 0.00000289. The van der Waals surface area contributed by atoms with E-state index in [0.717, 1.165) is 5.56 Å². The lowest BCUT2D eigenvalue weighted by atomic mass is 10.1. The average Bonchev–Trinajstić information content (AvgIpc) is 2.37. The molecule has 0 bridgehead atoms. The van der Waals surface area contributed by atoms with Gasteiger partial charge in [-0.3, -0.25) is 4.79 Å². The average molecular weight is 273 g/mol. The lowest BCUT2D eigenvalue weighted by Crippen LogP contribution is -2.32. The van der Waals surface area contributed by atoms with Crippen molar-refractivity contribution < 1.29 is 9.53 Å². The Morgan fingerprint density at radius 1 is 1.39 bits per heavy atom. The molecule has 1 aromatic rings. The molecule has 3 N–H and O–H groups in total. The van der Waals surface area contributed by atoms with Crippen molar-refractivity contribution in [1.29, 1.82) is 0 Å². The SMILES string of the molecule is CCOCCC(=O)NCC(N)c1ccccc1.Cl. The molecular weight excluding hydrogens is 252 g/mol. The van der Waals surface area contributed by atoms with Crippen molar-refractivity contribution in [1.82, 2.24) is 5.32 Å². The Morgan fingerprint density at radius 3 is 2.67 bits per heavy atom. The maximum atomic E-state index is 11.4. The number of ether oxygens (including phenoxy) is 1. The molecule has 0 aliphatic rings. The summed E-state index contributed by atoms with van der Waals surface area (Å²) in [5.41, 5.74) is 6.98. The smallest absolute Gasteiger partial charge is 0.222 e. The number of rotatable bonds is 7. The molecule has 0 radical (unpaired) electrons. The largest absolute Gasteiger partial charge is 0.381 e. The lowest BCUT2D eigenvalue weighted by molar-refractivity contribution is -0.122. The first-order valence-corrected chi connectivity index (χ1v) is 5.89. The van der Waals surface area contributed by atoms with Crippen LogP contribution in [0.25, 0.3) is 0 Å². The second-order valence-electron chi connectivity index (χ2n) is 3.77. The molecule has 4 nitrogen and oxygen atoms in total. The zero-order chi connectivity index (χ0) is 12.5. The summed E-state index contributed by atoms with van der Waals surface area (Å²) >= 11 is 0. The van der Waals surface area contributed by atoms with Crippen LogP contribution in [-0.4, -0.2) is 25.7 Å². The first-order valence-electron chi connectivity index (χ1n) is 5.89. The third kappa shape index (κ3) is 6.59. The molecule has 1 rings (SSSR count). The first kappa shape index (κ1) is 16.9. The molecule has 0 saturated heterocycles. The van der Waals surface area contributed by atoms with Gasteiger partial charge in [-0.2, -0.15) is 0 Å². The molecule has 0 aromatic heterocycles. The topological polar surface area (TPSA) is 64.3 Å². The van der Waals surface area contributed by atoms with Crippen molar-refractivity contribution in [3.8, 4) is 0 Å². The molecule has 0 heterocycles. The summed E-state index contributed by atoms with van der Waals surface area (Å²) in [4.78, 5) is 11.4. The highest BCUT2D eigenvalue weighted by atomic mass is 35.5. The standard InChI is InChI=1S/C13H20N2O2.ClH/c1-2-17-9-8-13(16)15-10-12(14)11-6-4-3-5-7-11;/h3-7,12H,2,8-10,14H2,1H3,(H,15,16);1H. The Morgan fingerprint density at radius 2 is 2.06 bits per heavy atom. The number of halogens is 1. The highest BCUT2D eigenvalue weighted by molar-refractivity contribution is 5.85. The van der Waals surface area contributed by atoms with Gasteiger partial charge in [-0.25, -0.2) is 0 Å². The van der Waals surface area contributed by atoms with Crippen LogP contribution in [0.5, 0.6) is 0 Å². The molecule has 0 saturated carbocycles. The van der Waals surface area contributed by atoms with Gasteiger partial charge in [0, 0.05) is 25.6 Å². The van der Waals surface area contributed by atoms with Gasteiger partial charge in [0.25, 0.3) is 0 Å². The summed E-state index contributed by atoms with van der Waals surface area (Å²) in [6.45, 7) is 3.46. The number of amides is 1. The number of benzene rings is 1. The maximum absolute atomic E-state index is 11.4. The number of nitrogens with two attached hydrogens (primary N) is 1. The van der Waals surface area contributed by atoms with Crippen molar-refractivity contribution in [3.05, 3.63) is 35.9 Å². The van der Waals surface area contributed by atoms with Crippen molar-refractivity contribution in [2.45, 2.75) is 19.4 Å². The van der Waals surface area contributed by atoms with Gasteiger partial charge in [0.1, 0.15) is 0 Å². The molecule has 0 aliphatic carbocycles. The predicted octanol–water partition coefficient (Wildman–Crippen LogP) is 1.65. The van der Waals surface area contributed by atoms with Crippen LogP contribution in [0.4, 0.5) is 0 Å². The zero-order valence-corrected chi connectivity index (χ0v) is 11.4. The van der Waals surface area contributed by atoms with Crippen LogP contribution < -0.4 is 11.1 Å². The van der Waals surface area contributed by atoms with Crippen LogP contribution in [-0.2, 0) is 9.53 Å². The fourth-order valence-electron chi connectivity index (χ4n) is 1.44. The van der Waals surface area contributed by atoms with Crippen molar-refractivity contribution in [2.24, 2.45) is 5.73 Å². The molecule has 1 aromatic carbocycles. The van der Waals surface area contributed by atoms with Gasteiger partial charge in [0.2, 0.25) is 5.91 Å². The van der Waals surface area contributed by atoms with E-state index < -0.39 is 0 Å². The minimum atomic E-state index is -0.160. The quantitative estimate of drug-likeness (QED) is 0.742. The Hall–Kier alpha value is -1.10. The van der Waals surface area contributed by atoms with E-state index in [1.54, 1.807) is 0 Å². The monoisotopic (exact) mass is 272 g/mol. The van der Waals surface area contributed by atoms with E-state index in [2.05, 4.69) is 5.32 Å². The number of carbonyl (C=O) groups excluding carboxylic acids is 1. The van der Waals surface area contributed by atoms with E-state index in [4.69, 9.17) is 10.5 Å². The second-order valence-corrected chi connectivity index (χ2v) is 3.77. The molecule has 18 heavy (non-hydrogen) atoms. The fourth-order valence-corrected chi connectivity index (χ4v) is 1.44. The number of carbonyl (C=O) groups is 1. The summed E-state index contributed by atoms with van der Waals surface area (Å²) in [6, 6.07) is 9.57. The van der Waals surface area contributed by atoms with Crippen molar-refractivity contribution in [2.75, 3.05) is 19.8 Å². The molecule has 1 amide bonds. The summed E-state index contributed by atoms with van der Waals surface area (Å²) < 4.78 is 5.10. The Bertz CT molecular complexity index is 333. The summed E-state index contributed by atoms with van der Waals surface area (Å²) in [5.74, 6) is -0.0233. The third-order valence-electron chi connectivity index (χ3n) is 2.42. The van der Waals surface area contributed by atoms with E-state index >= 15 is 0 Å². The first-order chi connectivity index (χ1) is 8.24. The second kappa shape index (κ2) is 9.88. The zero-order valence-electron chi connectivity index (χ0n) is 10.6. The summed E-state index contributed by atoms with van der Waals surface area (Å²) in [5, 5.41) is 2.80. The van der Waals surface area contributed by atoms with E-state index in [1.165, 1.54) is 0 Å². The van der Waals surface area contributed by atoms with Crippen molar-refractivity contribution in [3.63, 3.8) is 0 Å². The van der Waals surface area contributed by atoms with Gasteiger partial charge in [-0.1, -0.05) is 30.3 Å². The van der Waals surface area contributed by atoms with E-state index in [1.807, 2.05) is 37.3 Å². The molecule has 1 atom stereocenters. The van der Waals surface area contributed by atoms with Gasteiger partial charge in [-0.15, -0.1) is 12.4 Å². The highest BCUT2D eigenvalue weighted by Gasteiger charge is 2.07. The highest BCUT2D eigenvalue weighted by Crippen LogP contribution is 2.07. The Kier molecular flexibility index (Phi) is 9.28. The maximum Gasteiger partial charge on any atom is 0.222 e.